The summed E-state index contributed by atoms with van der Waals surface area (Å²) in [6.07, 6.45) is 5.37. The second-order valence-electron chi connectivity index (χ2n) is 7.73. The lowest BCUT2D eigenvalue weighted by molar-refractivity contribution is -0.130. The monoisotopic (exact) mass is 313 g/mol. The summed E-state index contributed by atoms with van der Waals surface area (Å²) in [5.41, 5.74) is 4.65. The van der Waals surface area contributed by atoms with Gasteiger partial charge in [-0.1, -0.05) is 13.8 Å². The topological polar surface area (TPSA) is 55.5 Å². The third-order valence-electron chi connectivity index (χ3n) is 6.31. The zero-order chi connectivity index (χ0) is 16.2. The molecular weight excluding hydrogens is 288 g/mol. The van der Waals surface area contributed by atoms with E-state index >= 15 is 0 Å². The summed E-state index contributed by atoms with van der Waals surface area (Å²) in [5, 5.41) is 9.85. The van der Waals surface area contributed by atoms with Crippen molar-refractivity contribution in [2.24, 2.45) is 22.5 Å². The molecule has 0 aromatic heterocycles. The van der Waals surface area contributed by atoms with E-state index in [1.165, 1.54) is 6.08 Å². The van der Waals surface area contributed by atoms with E-state index in [1.807, 2.05) is 0 Å². The number of hydrogen-bond donors (Lipinski definition) is 2. The van der Waals surface area contributed by atoms with Crippen LogP contribution in [0.25, 0.3) is 0 Å². The van der Waals surface area contributed by atoms with Crippen molar-refractivity contribution < 1.29 is 18.6 Å². The lowest BCUT2D eigenvalue weighted by Gasteiger charge is -2.54. The van der Waals surface area contributed by atoms with Crippen LogP contribution in [0, 0.1) is 16.7 Å². The first kappa shape index (κ1) is 16.1. The van der Waals surface area contributed by atoms with Crippen LogP contribution in [0.15, 0.2) is 23.8 Å². The normalized spacial score (nSPS) is 44.3. The predicted molar refractivity (Wildman–Crippen MR) is 80.3 cm³/mol. The molecule has 0 amide bonds. The van der Waals surface area contributed by atoms with Gasteiger partial charge in [0.05, 0.1) is 18.2 Å². The Bertz CT molecular complexity index is 529. The molecule has 5 heteroatoms. The van der Waals surface area contributed by atoms with E-state index < -0.39 is 22.6 Å². The van der Waals surface area contributed by atoms with Crippen molar-refractivity contribution in [1.82, 2.24) is 0 Å². The van der Waals surface area contributed by atoms with E-state index in [0.717, 1.165) is 18.9 Å². The van der Waals surface area contributed by atoms with Gasteiger partial charge >= 0.3 is 0 Å². The van der Waals surface area contributed by atoms with E-state index in [0.29, 0.717) is 6.42 Å². The van der Waals surface area contributed by atoms with Crippen molar-refractivity contribution in [2.45, 2.75) is 51.2 Å². The second-order valence-corrected chi connectivity index (χ2v) is 7.73. The summed E-state index contributed by atoms with van der Waals surface area (Å²) < 4.78 is 33.8. The van der Waals surface area contributed by atoms with Crippen LogP contribution in [0.2, 0.25) is 0 Å². The molecule has 3 nitrogen and oxygen atoms in total. The van der Waals surface area contributed by atoms with Crippen molar-refractivity contribution in [3.63, 3.8) is 0 Å². The number of rotatable bonds is 3. The Labute approximate surface area is 130 Å². The van der Waals surface area contributed by atoms with E-state index in [-0.39, 0.29) is 37.1 Å². The molecule has 1 aliphatic heterocycles. The van der Waals surface area contributed by atoms with Gasteiger partial charge in [-0.25, -0.2) is 8.78 Å². The number of aliphatic hydroxyl groups excluding tert-OH is 1. The predicted octanol–water partition coefficient (Wildman–Crippen LogP) is 3.00. The first-order valence-corrected chi connectivity index (χ1v) is 8.00. The molecule has 1 heterocycles. The van der Waals surface area contributed by atoms with Crippen LogP contribution in [0.5, 0.6) is 0 Å². The highest BCUT2D eigenvalue weighted by atomic mass is 19.1. The highest BCUT2D eigenvalue weighted by molar-refractivity contribution is 5.31. The Morgan fingerprint density at radius 3 is 2.59 bits per heavy atom. The number of hydrogen-bond acceptors (Lipinski definition) is 3. The molecule has 1 saturated carbocycles. The highest BCUT2D eigenvalue weighted by Crippen LogP contribution is 2.56. The molecule has 3 N–H and O–H groups in total. The average molecular weight is 313 g/mol. The molecule has 4 atom stereocenters. The fourth-order valence-electron chi connectivity index (χ4n) is 3.90. The molecule has 2 fully saturated rings. The number of ether oxygens (including phenoxy) is 1. The van der Waals surface area contributed by atoms with E-state index in [1.54, 1.807) is 6.92 Å². The molecule has 3 aliphatic rings. The van der Waals surface area contributed by atoms with Crippen LogP contribution in [0.4, 0.5) is 8.78 Å². The highest BCUT2D eigenvalue weighted by Gasteiger charge is 2.59. The summed E-state index contributed by atoms with van der Waals surface area (Å²) in [7, 11) is 0. The third-order valence-corrected chi connectivity index (χ3v) is 6.31. The van der Waals surface area contributed by atoms with Gasteiger partial charge in [0.25, 0.3) is 0 Å². The maximum atomic E-state index is 14.5. The zero-order valence-corrected chi connectivity index (χ0v) is 13.2. The maximum Gasteiger partial charge on any atom is 0.121 e. The number of aliphatic hydroxyl groups is 1. The number of halogens is 2. The Morgan fingerprint density at radius 1 is 1.36 bits per heavy atom. The minimum atomic E-state index is -1.05. The lowest BCUT2D eigenvalue weighted by Crippen LogP contribution is -2.67. The lowest BCUT2D eigenvalue weighted by atomic mass is 9.59. The Morgan fingerprint density at radius 2 is 2.05 bits per heavy atom. The van der Waals surface area contributed by atoms with Gasteiger partial charge in [0.1, 0.15) is 11.7 Å². The minimum absolute atomic E-state index is 0.0628. The van der Waals surface area contributed by atoms with Gasteiger partial charge < -0.3 is 15.6 Å². The van der Waals surface area contributed by atoms with Crippen molar-refractivity contribution >= 4 is 0 Å². The summed E-state index contributed by atoms with van der Waals surface area (Å²) in [5.74, 6) is -1.39. The SMILES string of the molecule is CC1([C@H]2C[C@@H](CO)[C@](N)(C3(C)CC=C(F)C=C3F)CO2)CC1. The summed E-state index contributed by atoms with van der Waals surface area (Å²) >= 11 is 0. The van der Waals surface area contributed by atoms with Crippen molar-refractivity contribution in [3.8, 4) is 0 Å². The smallest absolute Gasteiger partial charge is 0.121 e. The van der Waals surface area contributed by atoms with Crippen molar-refractivity contribution in [2.75, 3.05) is 13.2 Å². The fraction of sp³-hybridized carbons (Fsp3) is 0.765. The van der Waals surface area contributed by atoms with Crippen LogP contribution in [-0.4, -0.2) is 30.0 Å². The quantitative estimate of drug-likeness (QED) is 0.842. The van der Waals surface area contributed by atoms with E-state index in [2.05, 4.69) is 6.92 Å². The fourth-order valence-corrected chi connectivity index (χ4v) is 3.90. The van der Waals surface area contributed by atoms with Crippen LogP contribution in [0.1, 0.15) is 39.5 Å². The molecule has 0 aromatic carbocycles. The van der Waals surface area contributed by atoms with E-state index in [4.69, 9.17) is 10.5 Å². The maximum absolute atomic E-state index is 14.5. The first-order valence-electron chi connectivity index (χ1n) is 8.00. The van der Waals surface area contributed by atoms with Crippen LogP contribution >= 0.6 is 0 Å². The van der Waals surface area contributed by atoms with Crippen LogP contribution in [-0.2, 0) is 4.74 Å². The first-order chi connectivity index (χ1) is 10.2. The molecule has 0 radical (unpaired) electrons. The molecule has 3 rings (SSSR count). The molecule has 0 spiro atoms. The summed E-state index contributed by atoms with van der Waals surface area (Å²) in [6, 6.07) is 0. The van der Waals surface area contributed by atoms with E-state index in [9.17, 15) is 13.9 Å². The summed E-state index contributed by atoms with van der Waals surface area (Å²) in [6.45, 7) is 3.96. The van der Waals surface area contributed by atoms with Crippen LogP contribution < -0.4 is 5.73 Å². The standard InChI is InChI=1S/C17H25F2NO2/c1-15(5-6-15)14-7-11(9-21)17(20,10-22-14)16(2)4-3-12(18)8-13(16)19/h3,8,11,14,21H,4-7,9-10,20H2,1-2H3/t11-,14+,16?,17-/m0/s1. The minimum Gasteiger partial charge on any atom is -0.396 e. The third kappa shape index (κ3) is 2.25. The molecule has 0 aromatic rings. The van der Waals surface area contributed by atoms with Crippen molar-refractivity contribution in [3.05, 3.63) is 23.8 Å². The second kappa shape index (κ2) is 5.11. The molecule has 1 saturated heterocycles. The van der Waals surface area contributed by atoms with Gasteiger partial charge in [-0.2, -0.15) is 0 Å². The zero-order valence-electron chi connectivity index (χ0n) is 13.2. The van der Waals surface area contributed by atoms with Gasteiger partial charge in [-0.15, -0.1) is 0 Å². The van der Waals surface area contributed by atoms with Gasteiger partial charge in [0.15, 0.2) is 0 Å². The van der Waals surface area contributed by atoms with Gasteiger partial charge in [0, 0.05) is 24.0 Å². The van der Waals surface area contributed by atoms with Gasteiger partial charge in [-0.3, -0.25) is 0 Å². The molecule has 0 bridgehead atoms. The molecule has 22 heavy (non-hydrogen) atoms. The van der Waals surface area contributed by atoms with Gasteiger partial charge in [-0.05, 0) is 37.2 Å². The van der Waals surface area contributed by atoms with Gasteiger partial charge in [0.2, 0.25) is 0 Å². The molecule has 124 valence electrons. The summed E-state index contributed by atoms with van der Waals surface area (Å²) in [4.78, 5) is 0. The number of allylic oxidation sites excluding steroid dienone is 3. The number of nitrogens with two attached hydrogens (primary N) is 1. The molecule has 1 unspecified atom stereocenters. The van der Waals surface area contributed by atoms with Crippen molar-refractivity contribution in [1.29, 1.82) is 0 Å². The Hall–Kier alpha value is -0.780. The molecule has 2 aliphatic carbocycles. The average Bonchev–Trinajstić information content (AvgIpc) is 3.22. The van der Waals surface area contributed by atoms with Crippen LogP contribution in [0.3, 0.4) is 0 Å². The Kier molecular flexibility index (Phi) is 3.74. The molecular formula is C17H25F2NO2. The Balaban J connectivity index is 1.87. The largest absolute Gasteiger partial charge is 0.396 e.